The molecule has 1 aromatic carbocycles. The number of aryl methyl sites for hydroxylation is 1. The standard InChI is InChI=1S/C26H26ClFN6O3S/c1-17-25(33-38(35,36)13-10-34-8-11-37-12-9-34)14-18(16-30-17)22-4-5-23-26(32-22)24(6-7-29-23)31-19-2-3-21(28)20(27)15-19/h2-7,14-16,33H,8-13H2,1H3,(H,29,31). The van der Waals surface area contributed by atoms with Crippen LogP contribution < -0.4 is 10.0 Å². The molecule has 5 rings (SSSR count). The highest BCUT2D eigenvalue weighted by Crippen LogP contribution is 2.29. The molecule has 0 spiro atoms. The summed E-state index contributed by atoms with van der Waals surface area (Å²) in [5, 5.41) is 3.22. The highest BCUT2D eigenvalue weighted by molar-refractivity contribution is 7.92. The van der Waals surface area contributed by atoms with Gasteiger partial charge < -0.3 is 10.1 Å². The quantitative estimate of drug-likeness (QED) is 0.324. The molecule has 0 atom stereocenters. The predicted molar refractivity (Wildman–Crippen MR) is 147 cm³/mol. The SMILES string of the molecule is Cc1ncc(-c2ccc3nccc(Nc4ccc(F)c(Cl)c4)c3n2)cc1NS(=O)(=O)CCN1CCOCC1. The maximum absolute atomic E-state index is 13.6. The lowest BCUT2D eigenvalue weighted by Crippen LogP contribution is -2.39. The maximum atomic E-state index is 13.6. The van der Waals surface area contributed by atoms with Gasteiger partial charge in [-0.05, 0) is 49.4 Å². The summed E-state index contributed by atoms with van der Waals surface area (Å²) in [6.45, 7) is 4.85. The fourth-order valence-corrected chi connectivity index (χ4v) is 5.41. The summed E-state index contributed by atoms with van der Waals surface area (Å²) in [7, 11) is -3.59. The van der Waals surface area contributed by atoms with Gasteiger partial charge in [0, 0.05) is 43.3 Å². The number of ether oxygens (including phenoxy) is 1. The second kappa shape index (κ2) is 11.2. The van der Waals surface area contributed by atoms with E-state index in [2.05, 4.69) is 24.9 Å². The molecule has 1 fully saturated rings. The van der Waals surface area contributed by atoms with Crippen LogP contribution in [0.15, 0.2) is 54.9 Å². The third-order valence-corrected chi connectivity index (χ3v) is 7.75. The lowest BCUT2D eigenvalue weighted by atomic mass is 10.1. The zero-order valence-electron chi connectivity index (χ0n) is 20.6. The van der Waals surface area contributed by atoms with Crippen molar-refractivity contribution in [1.82, 2.24) is 19.9 Å². The van der Waals surface area contributed by atoms with Crippen molar-refractivity contribution in [3.05, 3.63) is 71.4 Å². The fraction of sp³-hybridized carbons (Fsp3) is 0.269. The molecule has 2 N–H and O–H groups in total. The molecule has 198 valence electrons. The van der Waals surface area contributed by atoms with Crippen molar-refractivity contribution in [2.24, 2.45) is 0 Å². The lowest BCUT2D eigenvalue weighted by molar-refractivity contribution is 0.0408. The van der Waals surface area contributed by atoms with Crippen LogP contribution in [-0.2, 0) is 14.8 Å². The zero-order valence-corrected chi connectivity index (χ0v) is 22.2. The molecule has 0 unspecified atom stereocenters. The molecule has 38 heavy (non-hydrogen) atoms. The molecule has 1 aliphatic rings. The summed E-state index contributed by atoms with van der Waals surface area (Å²) >= 11 is 5.93. The maximum Gasteiger partial charge on any atom is 0.234 e. The van der Waals surface area contributed by atoms with E-state index in [1.54, 1.807) is 43.6 Å². The molecule has 1 aliphatic heterocycles. The number of fused-ring (bicyclic) bond motifs is 1. The number of nitrogens with zero attached hydrogens (tertiary/aromatic N) is 4. The van der Waals surface area contributed by atoms with Gasteiger partial charge in [-0.25, -0.2) is 17.8 Å². The molecule has 4 heterocycles. The van der Waals surface area contributed by atoms with Gasteiger partial charge in [0.15, 0.2) is 0 Å². The number of aromatic nitrogens is 3. The largest absolute Gasteiger partial charge is 0.379 e. The van der Waals surface area contributed by atoms with Crippen LogP contribution in [0.4, 0.5) is 21.5 Å². The van der Waals surface area contributed by atoms with E-state index < -0.39 is 15.8 Å². The monoisotopic (exact) mass is 556 g/mol. The average molecular weight is 557 g/mol. The van der Waals surface area contributed by atoms with Crippen LogP contribution in [0, 0.1) is 12.7 Å². The molecule has 3 aromatic heterocycles. The van der Waals surface area contributed by atoms with E-state index in [-0.39, 0.29) is 10.8 Å². The number of rotatable bonds is 8. The minimum Gasteiger partial charge on any atom is -0.379 e. The summed E-state index contributed by atoms with van der Waals surface area (Å²) in [6.07, 6.45) is 3.30. The second-order valence-corrected chi connectivity index (χ2v) is 11.2. The first kappa shape index (κ1) is 26.2. The van der Waals surface area contributed by atoms with E-state index in [1.165, 1.54) is 12.1 Å². The molecule has 0 amide bonds. The van der Waals surface area contributed by atoms with Gasteiger partial charge in [-0.3, -0.25) is 19.6 Å². The Balaban J connectivity index is 1.40. The van der Waals surface area contributed by atoms with Gasteiger partial charge in [0.05, 0.1) is 52.3 Å². The normalized spacial score (nSPS) is 14.5. The van der Waals surface area contributed by atoms with Gasteiger partial charge in [-0.15, -0.1) is 0 Å². The predicted octanol–water partition coefficient (Wildman–Crippen LogP) is 4.61. The molecule has 0 saturated carbocycles. The van der Waals surface area contributed by atoms with E-state index in [0.29, 0.717) is 64.8 Å². The highest BCUT2D eigenvalue weighted by Gasteiger charge is 2.18. The van der Waals surface area contributed by atoms with Gasteiger partial charge in [0.1, 0.15) is 11.3 Å². The Morgan fingerprint density at radius 2 is 1.89 bits per heavy atom. The van der Waals surface area contributed by atoms with E-state index >= 15 is 0 Å². The highest BCUT2D eigenvalue weighted by atomic mass is 35.5. The van der Waals surface area contributed by atoms with Crippen LogP contribution in [-0.4, -0.2) is 66.9 Å². The summed E-state index contributed by atoms with van der Waals surface area (Å²) in [6, 6.07) is 11.5. The van der Waals surface area contributed by atoms with E-state index in [9.17, 15) is 12.8 Å². The number of sulfonamides is 1. The van der Waals surface area contributed by atoms with Crippen LogP contribution in [0.25, 0.3) is 22.3 Å². The Labute approximate surface area is 225 Å². The summed E-state index contributed by atoms with van der Waals surface area (Å²) in [5.74, 6) is -0.532. The molecule has 1 saturated heterocycles. The van der Waals surface area contributed by atoms with Crippen molar-refractivity contribution in [3.63, 3.8) is 0 Å². The minimum absolute atomic E-state index is 0.00710. The van der Waals surface area contributed by atoms with E-state index in [4.69, 9.17) is 21.3 Å². The van der Waals surface area contributed by atoms with Crippen LogP contribution in [0.2, 0.25) is 5.02 Å². The molecule has 0 bridgehead atoms. The molecule has 12 heteroatoms. The van der Waals surface area contributed by atoms with E-state index in [0.717, 1.165) is 13.1 Å². The van der Waals surface area contributed by atoms with Gasteiger partial charge in [0.2, 0.25) is 10.0 Å². The minimum atomic E-state index is -3.59. The number of hydrogen-bond acceptors (Lipinski definition) is 8. The van der Waals surface area contributed by atoms with Crippen molar-refractivity contribution in [2.75, 3.05) is 48.6 Å². The van der Waals surface area contributed by atoms with Crippen molar-refractivity contribution < 1.29 is 17.5 Å². The molecule has 9 nitrogen and oxygen atoms in total. The topological polar surface area (TPSA) is 109 Å². The van der Waals surface area contributed by atoms with Crippen molar-refractivity contribution in [1.29, 1.82) is 0 Å². The summed E-state index contributed by atoms with van der Waals surface area (Å²) < 4.78 is 47.2. The number of morpholine rings is 1. The van der Waals surface area contributed by atoms with Crippen molar-refractivity contribution in [3.8, 4) is 11.3 Å². The third kappa shape index (κ3) is 6.18. The first-order valence-electron chi connectivity index (χ1n) is 12.0. The van der Waals surface area contributed by atoms with E-state index in [1.807, 2.05) is 6.07 Å². The zero-order chi connectivity index (χ0) is 26.7. The van der Waals surface area contributed by atoms with Gasteiger partial charge in [-0.2, -0.15) is 0 Å². The molecular formula is C26H26ClFN6O3S. The lowest BCUT2D eigenvalue weighted by Gasteiger charge is -2.26. The van der Waals surface area contributed by atoms with Crippen molar-refractivity contribution >= 4 is 49.7 Å². The third-order valence-electron chi connectivity index (χ3n) is 6.21. The Morgan fingerprint density at radius 3 is 2.68 bits per heavy atom. The van der Waals surface area contributed by atoms with Crippen LogP contribution in [0.3, 0.4) is 0 Å². The Hall–Kier alpha value is -3.38. The second-order valence-electron chi connectivity index (χ2n) is 8.91. The number of anilines is 3. The Bertz CT molecular complexity index is 1580. The molecule has 4 aromatic rings. The summed E-state index contributed by atoms with van der Waals surface area (Å²) in [5.41, 5.74) is 4.67. The molecule has 0 aliphatic carbocycles. The number of hydrogen-bond donors (Lipinski definition) is 2. The first-order chi connectivity index (χ1) is 18.3. The van der Waals surface area contributed by atoms with Gasteiger partial charge in [0.25, 0.3) is 0 Å². The van der Waals surface area contributed by atoms with Crippen LogP contribution in [0.5, 0.6) is 0 Å². The number of benzene rings is 1. The van der Waals surface area contributed by atoms with Crippen molar-refractivity contribution in [2.45, 2.75) is 6.92 Å². The first-order valence-corrected chi connectivity index (χ1v) is 14.1. The fourth-order valence-electron chi connectivity index (χ4n) is 4.09. The smallest absolute Gasteiger partial charge is 0.234 e. The molecular weight excluding hydrogens is 531 g/mol. The number of nitrogens with one attached hydrogen (secondary N) is 2. The number of pyridine rings is 3. The van der Waals surface area contributed by atoms with Crippen LogP contribution in [0.1, 0.15) is 5.69 Å². The number of halogens is 2. The summed E-state index contributed by atoms with van der Waals surface area (Å²) in [4.78, 5) is 15.6. The Kier molecular flexibility index (Phi) is 7.70. The van der Waals surface area contributed by atoms with Crippen LogP contribution >= 0.6 is 11.6 Å². The van der Waals surface area contributed by atoms with Gasteiger partial charge >= 0.3 is 0 Å². The average Bonchev–Trinajstić information content (AvgIpc) is 2.91. The Morgan fingerprint density at radius 1 is 1.08 bits per heavy atom. The molecule has 0 radical (unpaired) electrons. The van der Waals surface area contributed by atoms with Gasteiger partial charge in [-0.1, -0.05) is 11.6 Å².